The van der Waals surface area contributed by atoms with Crippen LogP contribution in [0.2, 0.25) is 0 Å². The lowest BCUT2D eigenvalue weighted by atomic mass is 10.1. The van der Waals surface area contributed by atoms with Crippen LogP contribution < -0.4 is 15.0 Å². The summed E-state index contributed by atoms with van der Waals surface area (Å²) in [5.41, 5.74) is 1.57. The number of carbonyl (C=O) groups excluding carboxylic acids is 2. The number of hydrogen-bond acceptors (Lipinski definition) is 4. The first kappa shape index (κ1) is 17.8. The van der Waals surface area contributed by atoms with E-state index in [0.717, 1.165) is 11.4 Å². The van der Waals surface area contributed by atoms with E-state index >= 15 is 0 Å². The Labute approximate surface area is 153 Å². The number of hydrogen-bond donors (Lipinski definition) is 1. The van der Waals surface area contributed by atoms with Crippen molar-refractivity contribution in [3.05, 3.63) is 60.2 Å². The Morgan fingerprint density at radius 3 is 2.35 bits per heavy atom. The fourth-order valence-electron chi connectivity index (χ4n) is 3.14. The molecule has 0 aliphatic carbocycles. The smallest absolute Gasteiger partial charge is 0.324 e. The Hall–Kier alpha value is -3.02. The quantitative estimate of drug-likeness (QED) is 0.922. The minimum absolute atomic E-state index is 0.148. The number of amides is 3. The first-order valence-electron chi connectivity index (χ1n) is 8.64. The molecule has 1 saturated heterocycles. The van der Waals surface area contributed by atoms with Crippen molar-refractivity contribution in [3.8, 4) is 5.75 Å². The minimum Gasteiger partial charge on any atom is -0.497 e. The maximum atomic E-state index is 12.4. The molecule has 0 spiro atoms. The lowest BCUT2D eigenvalue weighted by Crippen LogP contribution is -2.56. The zero-order valence-corrected chi connectivity index (χ0v) is 15.0. The molecule has 1 fully saturated rings. The number of benzene rings is 2. The molecular formula is C20H23N3O3. The SMILES string of the molecule is COc1ccc(N2CCN(C(=O)NC(=O)c3ccccc3)CC2C)cc1. The highest BCUT2D eigenvalue weighted by molar-refractivity contribution is 6.04. The maximum absolute atomic E-state index is 12.4. The fourth-order valence-corrected chi connectivity index (χ4v) is 3.14. The van der Waals surface area contributed by atoms with Gasteiger partial charge in [0.15, 0.2) is 0 Å². The third kappa shape index (κ3) is 3.96. The highest BCUT2D eigenvalue weighted by Crippen LogP contribution is 2.23. The van der Waals surface area contributed by atoms with Gasteiger partial charge >= 0.3 is 6.03 Å². The molecule has 0 saturated carbocycles. The fraction of sp³-hybridized carbons (Fsp3) is 0.300. The van der Waals surface area contributed by atoms with Gasteiger partial charge in [-0.05, 0) is 43.3 Å². The third-order valence-corrected chi connectivity index (χ3v) is 4.58. The van der Waals surface area contributed by atoms with Crippen LogP contribution in [-0.2, 0) is 0 Å². The highest BCUT2D eigenvalue weighted by Gasteiger charge is 2.27. The van der Waals surface area contributed by atoms with Crippen molar-refractivity contribution >= 4 is 17.6 Å². The minimum atomic E-state index is -0.374. The average Bonchev–Trinajstić information content (AvgIpc) is 2.68. The Bertz CT molecular complexity index is 762. The zero-order valence-electron chi connectivity index (χ0n) is 15.0. The summed E-state index contributed by atoms with van der Waals surface area (Å²) in [6, 6.07) is 16.4. The summed E-state index contributed by atoms with van der Waals surface area (Å²) in [4.78, 5) is 28.5. The van der Waals surface area contributed by atoms with Gasteiger partial charge in [-0.3, -0.25) is 10.1 Å². The number of rotatable bonds is 3. The number of urea groups is 1. The predicted molar refractivity (Wildman–Crippen MR) is 101 cm³/mol. The van der Waals surface area contributed by atoms with Crippen LogP contribution in [0.4, 0.5) is 10.5 Å². The van der Waals surface area contributed by atoms with Crippen LogP contribution >= 0.6 is 0 Å². The van der Waals surface area contributed by atoms with Crippen LogP contribution in [0.3, 0.4) is 0 Å². The van der Waals surface area contributed by atoms with Gasteiger partial charge in [-0.25, -0.2) is 4.79 Å². The summed E-state index contributed by atoms with van der Waals surface area (Å²) in [6.07, 6.45) is 0. The molecule has 1 N–H and O–H groups in total. The van der Waals surface area contributed by atoms with Gasteiger partial charge in [0.2, 0.25) is 0 Å². The van der Waals surface area contributed by atoms with Crippen molar-refractivity contribution in [2.75, 3.05) is 31.6 Å². The van der Waals surface area contributed by atoms with E-state index in [-0.39, 0.29) is 18.0 Å². The number of imide groups is 1. The van der Waals surface area contributed by atoms with Gasteiger partial charge in [-0.1, -0.05) is 18.2 Å². The standard InChI is InChI=1S/C20H23N3O3/c1-15-14-22(20(25)21-19(24)16-6-4-3-5-7-16)12-13-23(15)17-8-10-18(26-2)11-9-17/h3-11,15H,12-14H2,1-2H3,(H,21,24,25). The summed E-state index contributed by atoms with van der Waals surface area (Å²) in [7, 11) is 1.64. The molecular weight excluding hydrogens is 330 g/mol. The van der Waals surface area contributed by atoms with Crippen molar-refractivity contribution in [1.82, 2.24) is 10.2 Å². The summed E-state index contributed by atoms with van der Waals surface area (Å²) in [5.74, 6) is 0.444. The molecule has 1 aliphatic heterocycles. The van der Waals surface area contributed by atoms with Crippen molar-refractivity contribution in [2.45, 2.75) is 13.0 Å². The van der Waals surface area contributed by atoms with Gasteiger partial charge in [-0.15, -0.1) is 0 Å². The molecule has 6 nitrogen and oxygen atoms in total. The first-order chi connectivity index (χ1) is 12.6. The Morgan fingerprint density at radius 1 is 1.04 bits per heavy atom. The van der Waals surface area contributed by atoms with Gasteiger partial charge < -0.3 is 14.5 Å². The molecule has 0 radical (unpaired) electrons. The summed E-state index contributed by atoms with van der Waals surface area (Å²) < 4.78 is 5.19. The third-order valence-electron chi connectivity index (χ3n) is 4.58. The lowest BCUT2D eigenvalue weighted by molar-refractivity contribution is 0.0949. The van der Waals surface area contributed by atoms with Gasteiger partial charge in [0.1, 0.15) is 5.75 Å². The van der Waals surface area contributed by atoms with E-state index in [1.807, 2.05) is 30.3 Å². The Balaban J connectivity index is 1.59. The number of anilines is 1. The summed E-state index contributed by atoms with van der Waals surface area (Å²) >= 11 is 0. The van der Waals surface area contributed by atoms with Crippen LogP contribution in [0.15, 0.2) is 54.6 Å². The number of piperazine rings is 1. The van der Waals surface area contributed by atoms with Crippen LogP contribution in [0.5, 0.6) is 5.75 Å². The molecule has 1 heterocycles. The summed E-state index contributed by atoms with van der Waals surface area (Å²) in [6.45, 7) is 3.90. The molecule has 0 bridgehead atoms. The number of nitrogens with one attached hydrogen (secondary N) is 1. The van der Waals surface area contributed by atoms with E-state index in [2.05, 4.69) is 17.1 Å². The van der Waals surface area contributed by atoms with E-state index in [1.165, 1.54) is 0 Å². The van der Waals surface area contributed by atoms with Crippen molar-refractivity contribution < 1.29 is 14.3 Å². The molecule has 1 aliphatic rings. The molecule has 3 rings (SSSR count). The van der Waals surface area contributed by atoms with Crippen LogP contribution in [-0.4, -0.2) is 49.6 Å². The first-order valence-corrected chi connectivity index (χ1v) is 8.64. The molecule has 6 heteroatoms. The second kappa shape index (κ2) is 7.91. The highest BCUT2D eigenvalue weighted by atomic mass is 16.5. The number of ether oxygens (including phenoxy) is 1. The summed E-state index contributed by atoms with van der Waals surface area (Å²) in [5, 5.41) is 2.47. The second-order valence-corrected chi connectivity index (χ2v) is 6.31. The van der Waals surface area contributed by atoms with E-state index in [1.54, 1.807) is 36.3 Å². The number of nitrogens with zero attached hydrogens (tertiary/aromatic N) is 2. The maximum Gasteiger partial charge on any atom is 0.324 e. The van der Waals surface area contributed by atoms with E-state index < -0.39 is 0 Å². The molecule has 2 aromatic rings. The van der Waals surface area contributed by atoms with Crippen molar-refractivity contribution in [3.63, 3.8) is 0 Å². The van der Waals surface area contributed by atoms with Crippen molar-refractivity contribution in [2.24, 2.45) is 0 Å². The number of methoxy groups -OCH3 is 1. The van der Waals surface area contributed by atoms with Crippen LogP contribution in [0.1, 0.15) is 17.3 Å². The van der Waals surface area contributed by atoms with Crippen LogP contribution in [0, 0.1) is 0 Å². The Morgan fingerprint density at radius 2 is 1.73 bits per heavy atom. The molecule has 0 aromatic heterocycles. The number of carbonyl (C=O) groups is 2. The van der Waals surface area contributed by atoms with E-state index in [4.69, 9.17) is 4.74 Å². The molecule has 136 valence electrons. The monoisotopic (exact) mass is 353 g/mol. The molecule has 1 unspecified atom stereocenters. The van der Waals surface area contributed by atoms with Gasteiger partial charge in [0.05, 0.1) is 7.11 Å². The van der Waals surface area contributed by atoms with Crippen LogP contribution in [0.25, 0.3) is 0 Å². The average molecular weight is 353 g/mol. The van der Waals surface area contributed by atoms with E-state index in [9.17, 15) is 9.59 Å². The molecule has 1 atom stereocenters. The van der Waals surface area contributed by atoms with Gasteiger partial charge in [-0.2, -0.15) is 0 Å². The lowest BCUT2D eigenvalue weighted by Gasteiger charge is -2.41. The van der Waals surface area contributed by atoms with Crippen molar-refractivity contribution in [1.29, 1.82) is 0 Å². The second-order valence-electron chi connectivity index (χ2n) is 6.31. The van der Waals surface area contributed by atoms with Gasteiger partial charge in [0.25, 0.3) is 5.91 Å². The molecule has 2 aromatic carbocycles. The topological polar surface area (TPSA) is 61.9 Å². The van der Waals surface area contributed by atoms with E-state index in [0.29, 0.717) is 25.2 Å². The molecule has 26 heavy (non-hydrogen) atoms. The predicted octanol–water partition coefficient (Wildman–Crippen LogP) is 2.76. The van der Waals surface area contributed by atoms with Gasteiger partial charge in [0, 0.05) is 36.9 Å². The Kier molecular flexibility index (Phi) is 5.41. The zero-order chi connectivity index (χ0) is 18.5. The molecule has 3 amide bonds. The normalized spacial score (nSPS) is 16.9. The largest absolute Gasteiger partial charge is 0.497 e.